The lowest BCUT2D eigenvalue weighted by Crippen LogP contribution is -2.41. The molecule has 0 N–H and O–H groups in total. The van der Waals surface area contributed by atoms with Gasteiger partial charge in [-0.25, -0.2) is 0 Å². The van der Waals surface area contributed by atoms with Gasteiger partial charge in [0.25, 0.3) is 5.91 Å². The van der Waals surface area contributed by atoms with Crippen LogP contribution in [0.2, 0.25) is 0 Å². The number of para-hydroxylation sites is 2. The second-order valence-corrected chi connectivity index (χ2v) is 6.54. The van der Waals surface area contributed by atoms with Crippen LogP contribution in [0.25, 0.3) is 0 Å². The van der Waals surface area contributed by atoms with E-state index in [2.05, 4.69) is 30.5 Å². The SMILES string of the molecule is COc1ccccc1OCC(=O)N1CCC(n2c(C)ccc2C)CC1. The summed E-state index contributed by atoms with van der Waals surface area (Å²) in [4.78, 5) is 14.4. The summed E-state index contributed by atoms with van der Waals surface area (Å²) in [6.45, 7) is 5.88. The molecule has 5 heteroatoms. The smallest absolute Gasteiger partial charge is 0.260 e. The first-order valence-corrected chi connectivity index (χ1v) is 8.78. The molecule has 1 aromatic heterocycles. The third kappa shape index (κ3) is 3.81. The van der Waals surface area contributed by atoms with Crippen LogP contribution in [-0.2, 0) is 4.79 Å². The quantitative estimate of drug-likeness (QED) is 0.837. The van der Waals surface area contributed by atoms with E-state index in [1.807, 2.05) is 29.2 Å². The maximum atomic E-state index is 12.5. The molecule has 0 spiro atoms. The zero-order chi connectivity index (χ0) is 17.8. The molecule has 1 saturated heterocycles. The van der Waals surface area contributed by atoms with Crippen molar-refractivity contribution in [3.8, 4) is 11.5 Å². The Bertz CT molecular complexity index is 711. The summed E-state index contributed by atoms with van der Waals surface area (Å²) in [5.41, 5.74) is 2.59. The summed E-state index contributed by atoms with van der Waals surface area (Å²) in [6.07, 6.45) is 1.97. The van der Waals surface area contributed by atoms with E-state index in [0.29, 0.717) is 17.5 Å². The highest BCUT2D eigenvalue weighted by Gasteiger charge is 2.25. The van der Waals surface area contributed by atoms with Gasteiger partial charge in [0.1, 0.15) is 0 Å². The van der Waals surface area contributed by atoms with Crippen LogP contribution < -0.4 is 9.47 Å². The average molecular weight is 342 g/mol. The number of rotatable bonds is 5. The van der Waals surface area contributed by atoms with Crippen LogP contribution in [0.5, 0.6) is 11.5 Å². The van der Waals surface area contributed by atoms with Gasteiger partial charge in [0, 0.05) is 30.5 Å². The van der Waals surface area contributed by atoms with Crippen molar-refractivity contribution >= 4 is 5.91 Å². The molecule has 0 aliphatic carbocycles. The van der Waals surface area contributed by atoms with Crippen molar-refractivity contribution in [2.75, 3.05) is 26.8 Å². The van der Waals surface area contributed by atoms with E-state index in [0.717, 1.165) is 25.9 Å². The number of hydrogen-bond acceptors (Lipinski definition) is 3. The highest BCUT2D eigenvalue weighted by Crippen LogP contribution is 2.28. The summed E-state index contributed by atoms with van der Waals surface area (Å²) in [5, 5.41) is 0. The minimum Gasteiger partial charge on any atom is -0.493 e. The second kappa shape index (κ2) is 7.64. The highest BCUT2D eigenvalue weighted by molar-refractivity contribution is 5.78. The van der Waals surface area contributed by atoms with Crippen LogP contribution in [0.3, 0.4) is 0 Å². The number of likely N-dealkylation sites (tertiary alicyclic amines) is 1. The van der Waals surface area contributed by atoms with Crippen LogP contribution in [0.15, 0.2) is 36.4 Å². The summed E-state index contributed by atoms with van der Waals surface area (Å²) >= 11 is 0. The second-order valence-electron chi connectivity index (χ2n) is 6.54. The third-order valence-corrected chi connectivity index (χ3v) is 4.93. The van der Waals surface area contributed by atoms with Crippen molar-refractivity contribution in [2.45, 2.75) is 32.7 Å². The number of hydrogen-bond donors (Lipinski definition) is 0. The molecule has 0 unspecified atom stereocenters. The molecule has 1 aliphatic heterocycles. The van der Waals surface area contributed by atoms with Gasteiger partial charge in [-0.2, -0.15) is 0 Å². The standard InChI is InChI=1S/C20H26N2O3/c1-15-8-9-16(2)22(15)17-10-12-21(13-11-17)20(23)14-25-19-7-5-4-6-18(19)24-3/h4-9,17H,10-14H2,1-3H3. The predicted molar refractivity (Wildman–Crippen MR) is 97.2 cm³/mol. The Morgan fingerprint density at radius 3 is 2.24 bits per heavy atom. The van der Waals surface area contributed by atoms with Gasteiger partial charge in [0.05, 0.1) is 7.11 Å². The number of amides is 1. The van der Waals surface area contributed by atoms with Crippen molar-refractivity contribution in [3.05, 3.63) is 47.8 Å². The number of benzene rings is 1. The minimum absolute atomic E-state index is 0.0327. The van der Waals surface area contributed by atoms with Crippen molar-refractivity contribution in [2.24, 2.45) is 0 Å². The molecule has 1 fully saturated rings. The van der Waals surface area contributed by atoms with Crippen LogP contribution in [-0.4, -0.2) is 42.2 Å². The van der Waals surface area contributed by atoms with Gasteiger partial charge >= 0.3 is 0 Å². The third-order valence-electron chi connectivity index (χ3n) is 4.93. The molecule has 25 heavy (non-hydrogen) atoms. The van der Waals surface area contributed by atoms with E-state index in [4.69, 9.17) is 9.47 Å². The Hall–Kier alpha value is -2.43. The van der Waals surface area contributed by atoms with Gasteiger partial charge in [-0.15, -0.1) is 0 Å². The minimum atomic E-state index is 0.0327. The highest BCUT2D eigenvalue weighted by atomic mass is 16.5. The van der Waals surface area contributed by atoms with E-state index in [1.54, 1.807) is 7.11 Å². The molecule has 1 aromatic carbocycles. The largest absolute Gasteiger partial charge is 0.493 e. The van der Waals surface area contributed by atoms with Gasteiger partial charge in [-0.3, -0.25) is 4.79 Å². The number of aromatic nitrogens is 1. The Kier molecular flexibility index (Phi) is 5.31. The zero-order valence-corrected chi connectivity index (χ0v) is 15.2. The molecule has 0 atom stereocenters. The average Bonchev–Trinajstić information content (AvgIpc) is 2.98. The van der Waals surface area contributed by atoms with Crippen molar-refractivity contribution < 1.29 is 14.3 Å². The fourth-order valence-corrected chi connectivity index (χ4v) is 3.60. The lowest BCUT2D eigenvalue weighted by atomic mass is 10.0. The van der Waals surface area contributed by atoms with Gasteiger partial charge < -0.3 is 18.9 Å². The Balaban J connectivity index is 1.53. The Morgan fingerprint density at radius 1 is 1.04 bits per heavy atom. The number of methoxy groups -OCH3 is 1. The summed E-state index contributed by atoms with van der Waals surface area (Å²) < 4.78 is 13.3. The van der Waals surface area contributed by atoms with E-state index in [-0.39, 0.29) is 12.5 Å². The van der Waals surface area contributed by atoms with Crippen molar-refractivity contribution in [1.29, 1.82) is 0 Å². The van der Waals surface area contributed by atoms with Gasteiger partial charge in [0.2, 0.25) is 0 Å². The molecular weight excluding hydrogens is 316 g/mol. The van der Waals surface area contributed by atoms with Crippen molar-refractivity contribution in [3.63, 3.8) is 0 Å². The number of ether oxygens (including phenoxy) is 2. The van der Waals surface area contributed by atoms with Crippen LogP contribution in [0.4, 0.5) is 0 Å². The molecular formula is C20H26N2O3. The van der Waals surface area contributed by atoms with E-state index in [9.17, 15) is 4.79 Å². The van der Waals surface area contributed by atoms with Gasteiger partial charge in [-0.05, 0) is 51.0 Å². The first-order chi connectivity index (χ1) is 12.1. The number of piperidine rings is 1. The van der Waals surface area contributed by atoms with Crippen molar-refractivity contribution in [1.82, 2.24) is 9.47 Å². The monoisotopic (exact) mass is 342 g/mol. The number of aryl methyl sites for hydroxylation is 2. The predicted octanol–water partition coefficient (Wildman–Crippen LogP) is 3.36. The summed E-state index contributed by atoms with van der Waals surface area (Å²) in [5.74, 6) is 1.28. The summed E-state index contributed by atoms with van der Waals surface area (Å²) in [6, 6.07) is 12.2. The molecule has 1 aliphatic rings. The lowest BCUT2D eigenvalue weighted by Gasteiger charge is -2.34. The maximum absolute atomic E-state index is 12.5. The number of carbonyl (C=O) groups is 1. The zero-order valence-electron chi connectivity index (χ0n) is 15.2. The van der Waals surface area contributed by atoms with Crippen LogP contribution >= 0.6 is 0 Å². The molecule has 5 nitrogen and oxygen atoms in total. The normalized spacial score (nSPS) is 15.2. The topological polar surface area (TPSA) is 43.7 Å². The summed E-state index contributed by atoms with van der Waals surface area (Å²) in [7, 11) is 1.60. The molecule has 2 aromatic rings. The molecule has 0 radical (unpaired) electrons. The number of carbonyl (C=O) groups excluding carboxylic acids is 1. The Morgan fingerprint density at radius 2 is 1.64 bits per heavy atom. The number of nitrogens with zero attached hydrogens (tertiary/aromatic N) is 2. The fraction of sp³-hybridized carbons (Fsp3) is 0.450. The Labute approximate surface area is 149 Å². The molecule has 0 saturated carbocycles. The molecule has 2 heterocycles. The maximum Gasteiger partial charge on any atom is 0.260 e. The first-order valence-electron chi connectivity index (χ1n) is 8.78. The molecule has 3 rings (SSSR count). The molecule has 1 amide bonds. The lowest BCUT2D eigenvalue weighted by molar-refractivity contribution is -0.134. The fourth-order valence-electron chi connectivity index (χ4n) is 3.60. The van der Waals surface area contributed by atoms with E-state index in [1.165, 1.54) is 11.4 Å². The molecule has 134 valence electrons. The first kappa shape index (κ1) is 17.4. The van der Waals surface area contributed by atoms with Crippen LogP contribution in [0.1, 0.15) is 30.3 Å². The molecule has 0 bridgehead atoms. The van der Waals surface area contributed by atoms with E-state index < -0.39 is 0 Å². The van der Waals surface area contributed by atoms with Gasteiger partial charge in [-0.1, -0.05) is 12.1 Å². The van der Waals surface area contributed by atoms with Gasteiger partial charge in [0.15, 0.2) is 18.1 Å². The van der Waals surface area contributed by atoms with Crippen LogP contribution in [0, 0.1) is 13.8 Å². The van der Waals surface area contributed by atoms with E-state index >= 15 is 0 Å².